The van der Waals surface area contributed by atoms with E-state index < -0.39 is 12.1 Å². The lowest BCUT2D eigenvalue weighted by Crippen LogP contribution is -2.30. The third-order valence-electron chi connectivity index (χ3n) is 5.00. The average Bonchev–Trinajstić information content (AvgIpc) is 3.36. The maximum atomic E-state index is 12.6. The molecular formula is C21H26N2O3. The van der Waals surface area contributed by atoms with Crippen molar-refractivity contribution in [2.45, 2.75) is 59.6 Å². The molecule has 1 aromatic carbocycles. The van der Waals surface area contributed by atoms with Crippen LogP contribution in [0, 0.1) is 27.7 Å². The molecule has 1 saturated carbocycles. The molecule has 1 aliphatic carbocycles. The van der Waals surface area contributed by atoms with Crippen molar-refractivity contribution in [1.29, 1.82) is 0 Å². The van der Waals surface area contributed by atoms with E-state index in [4.69, 9.17) is 4.74 Å². The van der Waals surface area contributed by atoms with Gasteiger partial charge >= 0.3 is 5.97 Å². The van der Waals surface area contributed by atoms with Gasteiger partial charge in [-0.25, -0.2) is 4.79 Å². The largest absolute Gasteiger partial charge is 0.449 e. The van der Waals surface area contributed by atoms with Crippen LogP contribution in [-0.4, -0.2) is 22.5 Å². The molecule has 1 amide bonds. The number of hydrogen-bond acceptors (Lipinski definition) is 3. The van der Waals surface area contributed by atoms with Crippen LogP contribution < -0.4 is 5.32 Å². The Labute approximate surface area is 154 Å². The zero-order chi connectivity index (χ0) is 19.0. The van der Waals surface area contributed by atoms with Gasteiger partial charge in [-0.3, -0.25) is 4.79 Å². The number of hydrogen-bond donors (Lipinski definition) is 1. The second kappa shape index (κ2) is 6.98. The number of nitrogens with one attached hydrogen (secondary N) is 1. The number of aryl methyl sites for hydroxylation is 3. The van der Waals surface area contributed by atoms with Gasteiger partial charge in [-0.1, -0.05) is 18.2 Å². The van der Waals surface area contributed by atoms with Gasteiger partial charge in [0.25, 0.3) is 5.91 Å². The number of nitrogens with zero attached hydrogens (tertiary/aromatic N) is 1. The van der Waals surface area contributed by atoms with Crippen LogP contribution in [0.1, 0.15) is 58.7 Å². The quantitative estimate of drug-likeness (QED) is 0.817. The number of anilines is 1. The first-order chi connectivity index (χ1) is 12.3. The van der Waals surface area contributed by atoms with Gasteiger partial charge in [0.2, 0.25) is 0 Å². The van der Waals surface area contributed by atoms with Gasteiger partial charge in [-0.05, 0) is 64.7 Å². The first-order valence-corrected chi connectivity index (χ1v) is 9.06. The first-order valence-electron chi connectivity index (χ1n) is 9.06. The SMILES string of the molecule is Cc1cccc(C)c1NC(=O)[C@@H](C)OC(=O)c1cc(C)n(C2CC2)c1C. The van der Waals surface area contributed by atoms with Crippen LogP contribution in [0.2, 0.25) is 0 Å². The smallest absolute Gasteiger partial charge is 0.340 e. The van der Waals surface area contributed by atoms with Gasteiger partial charge in [0.05, 0.1) is 5.56 Å². The van der Waals surface area contributed by atoms with E-state index in [1.54, 1.807) is 6.92 Å². The summed E-state index contributed by atoms with van der Waals surface area (Å²) in [6.07, 6.45) is 1.43. The molecule has 1 atom stereocenters. The summed E-state index contributed by atoms with van der Waals surface area (Å²) in [7, 11) is 0. The van der Waals surface area contributed by atoms with Gasteiger partial charge in [0.1, 0.15) is 0 Å². The number of aromatic nitrogens is 1. The molecular weight excluding hydrogens is 328 g/mol. The standard InChI is InChI=1S/C21H26N2O3/c1-12-7-6-8-13(2)19(12)22-20(24)16(5)26-21(25)18-11-14(3)23(15(18)4)17-9-10-17/h6-8,11,16-17H,9-10H2,1-5H3,(H,22,24)/t16-/m1/s1. The number of para-hydroxylation sites is 1. The Bertz CT molecular complexity index is 842. The maximum Gasteiger partial charge on any atom is 0.340 e. The minimum atomic E-state index is -0.870. The maximum absolute atomic E-state index is 12.6. The molecule has 5 nitrogen and oxygen atoms in total. The van der Waals surface area contributed by atoms with E-state index in [1.165, 1.54) is 0 Å². The summed E-state index contributed by atoms with van der Waals surface area (Å²) < 4.78 is 7.63. The predicted octanol–water partition coefficient (Wildman–Crippen LogP) is 4.24. The molecule has 0 unspecified atom stereocenters. The Morgan fingerprint density at radius 2 is 1.77 bits per heavy atom. The van der Waals surface area contributed by atoms with Gasteiger partial charge in [-0.2, -0.15) is 0 Å². The summed E-state index contributed by atoms with van der Waals surface area (Å²) >= 11 is 0. The van der Waals surface area contributed by atoms with Gasteiger partial charge in [-0.15, -0.1) is 0 Å². The minimum Gasteiger partial charge on any atom is -0.449 e. The normalized spacial score (nSPS) is 14.8. The summed E-state index contributed by atoms with van der Waals surface area (Å²) in [6.45, 7) is 9.40. The van der Waals surface area contributed by atoms with Gasteiger partial charge < -0.3 is 14.6 Å². The van der Waals surface area contributed by atoms with E-state index in [0.29, 0.717) is 11.6 Å². The highest BCUT2D eigenvalue weighted by Gasteiger charge is 2.29. The Morgan fingerprint density at radius 3 is 2.35 bits per heavy atom. The van der Waals surface area contributed by atoms with Crippen molar-refractivity contribution >= 4 is 17.6 Å². The van der Waals surface area contributed by atoms with E-state index in [2.05, 4.69) is 9.88 Å². The number of carbonyl (C=O) groups is 2. The Morgan fingerprint density at radius 1 is 1.15 bits per heavy atom. The summed E-state index contributed by atoms with van der Waals surface area (Å²) in [5.74, 6) is -0.777. The van der Waals surface area contributed by atoms with Gasteiger partial charge in [0, 0.05) is 23.1 Å². The zero-order valence-electron chi connectivity index (χ0n) is 16.1. The van der Waals surface area contributed by atoms with E-state index in [-0.39, 0.29) is 5.91 Å². The average molecular weight is 354 g/mol. The third-order valence-corrected chi connectivity index (χ3v) is 5.00. The number of esters is 1. The lowest BCUT2D eigenvalue weighted by atomic mass is 10.1. The monoisotopic (exact) mass is 354 g/mol. The highest BCUT2D eigenvalue weighted by molar-refractivity contribution is 5.98. The number of rotatable bonds is 5. The number of carbonyl (C=O) groups excluding carboxylic acids is 2. The molecule has 0 radical (unpaired) electrons. The van der Waals surface area contributed by atoms with Crippen molar-refractivity contribution in [3.05, 3.63) is 52.3 Å². The zero-order valence-corrected chi connectivity index (χ0v) is 16.1. The third kappa shape index (κ3) is 3.52. The van der Waals surface area contributed by atoms with Crippen LogP contribution in [0.5, 0.6) is 0 Å². The van der Waals surface area contributed by atoms with E-state index in [1.807, 2.05) is 52.0 Å². The van der Waals surface area contributed by atoms with E-state index >= 15 is 0 Å². The first kappa shape index (κ1) is 18.2. The van der Waals surface area contributed by atoms with E-state index in [9.17, 15) is 9.59 Å². The summed E-state index contributed by atoms with van der Waals surface area (Å²) in [6, 6.07) is 8.17. The fraction of sp³-hybridized carbons (Fsp3) is 0.429. The molecule has 3 rings (SSSR count). The molecule has 1 heterocycles. The lowest BCUT2D eigenvalue weighted by molar-refractivity contribution is -0.123. The highest BCUT2D eigenvalue weighted by Crippen LogP contribution is 2.38. The topological polar surface area (TPSA) is 60.3 Å². The fourth-order valence-electron chi connectivity index (χ4n) is 3.39. The molecule has 0 spiro atoms. The minimum absolute atomic E-state index is 0.327. The molecule has 1 aliphatic rings. The van der Waals surface area contributed by atoms with Crippen LogP contribution in [0.15, 0.2) is 24.3 Å². The highest BCUT2D eigenvalue weighted by atomic mass is 16.5. The van der Waals surface area contributed by atoms with Crippen LogP contribution in [0.25, 0.3) is 0 Å². The van der Waals surface area contributed by atoms with Crippen molar-refractivity contribution in [3.8, 4) is 0 Å². The Balaban J connectivity index is 1.69. The fourth-order valence-corrected chi connectivity index (χ4v) is 3.39. The molecule has 0 saturated heterocycles. The van der Waals surface area contributed by atoms with Crippen LogP contribution in [0.3, 0.4) is 0 Å². The predicted molar refractivity (Wildman–Crippen MR) is 102 cm³/mol. The molecule has 5 heteroatoms. The summed E-state index contributed by atoms with van der Waals surface area (Å²) in [4.78, 5) is 25.0. The van der Waals surface area contributed by atoms with Crippen LogP contribution in [-0.2, 0) is 9.53 Å². The van der Waals surface area contributed by atoms with Crippen molar-refractivity contribution < 1.29 is 14.3 Å². The lowest BCUT2D eigenvalue weighted by Gasteiger charge is -2.16. The number of benzene rings is 1. The molecule has 2 aromatic rings. The molecule has 1 aromatic heterocycles. The van der Waals surface area contributed by atoms with Crippen LogP contribution in [0.4, 0.5) is 5.69 Å². The Kier molecular flexibility index (Phi) is 4.90. The molecule has 0 bridgehead atoms. The Hall–Kier alpha value is -2.56. The molecule has 1 fully saturated rings. The summed E-state index contributed by atoms with van der Waals surface area (Å²) in [5, 5.41) is 2.87. The van der Waals surface area contributed by atoms with Crippen molar-refractivity contribution in [1.82, 2.24) is 4.57 Å². The van der Waals surface area contributed by atoms with Gasteiger partial charge in [0.15, 0.2) is 6.10 Å². The number of ether oxygens (including phenoxy) is 1. The van der Waals surface area contributed by atoms with E-state index in [0.717, 1.165) is 41.0 Å². The molecule has 26 heavy (non-hydrogen) atoms. The number of amides is 1. The molecule has 1 N–H and O–H groups in total. The van der Waals surface area contributed by atoms with Crippen molar-refractivity contribution in [3.63, 3.8) is 0 Å². The second-order valence-electron chi connectivity index (χ2n) is 7.19. The molecule has 0 aliphatic heterocycles. The van der Waals surface area contributed by atoms with Crippen molar-refractivity contribution in [2.24, 2.45) is 0 Å². The second-order valence-corrected chi connectivity index (χ2v) is 7.19. The van der Waals surface area contributed by atoms with Crippen LogP contribution >= 0.6 is 0 Å². The van der Waals surface area contributed by atoms with Crippen molar-refractivity contribution in [2.75, 3.05) is 5.32 Å². The molecule has 138 valence electrons. The summed E-state index contributed by atoms with van der Waals surface area (Å²) in [5.41, 5.74) is 5.24.